The minimum absolute atomic E-state index is 0.00985. The van der Waals surface area contributed by atoms with E-state index in [0.29, 0.717) is 12.7 Å². The van der Waals surface area contributed by atoms with E-state index in [1.54, 1.807) is 51.3 Å². The van der Waals surface area contributed by atoms with E-state index >= 15 is 0 Å². The molecule has 2 aromatic rings. The second-order valence-electron chi connectivity index (χ2n) is 3.97. The number of benzene rings is 1. The summed E-state index contributed by atoms with van der Waals surface area (Å²) < 4.78 is 14.4. The number of aromatic nitrogens is 1. The topological polar surface area (TPSA) is 106 Å². The van der Waals surface area contributed by atoms with Gasteiger partial charge in [0.2, 0.25) is 0 Å². The van der Waals surface area contributed by atoms with Crippen LogP contribution >= 0.6 is 45.2 Å². The zero-order valence-corrected chi connectivity index (χ0v) is 14.5. The summed E-state index contributed by atoms with van der Waals surface area (Å²) >= 11 is 3.61. The quantitative estimate of drug-likeness (QED) is 0.459. The first-order valence-corrected chi connectivity index (χ1v) is 7.57. The van der Waals surface area contributed by atoms with Gasteiger partial charge in [-0.3, -0.25) is 4.79 Å². The van der Waals surface area contributed by atoms with Gasteiger partial charge in [0.1, 0.15) is 34.9 Å². The van der Waals surface area contributed by atoms with Crippen LogP contribution in [0, 0.1) is 35.6 Å². The molecule has 0 amide bonds. The Labute approximate surface area is 145 Å². The summed E-state index contributed by atoms with van der Waals surface area (Å²) in [6.45, 7) is 0. The molecule has 8 heteroatoms. The van der Waals surface area contributed by atoms with Crippen molar-refractivity contribution in [2.24, 2.45) is 0 Å². The molecule has 0 atom stereocenters. The fourth-order valence-electron chi connectivity index (χ4n) is 1.83. The van der Waals surface area contributed by atoms with E-state index in [4.69, 9.17) is 11.0 Å². The predicted octanol–water partition coefficient (Wildman–Crippen LogP) is 2.72. The summed E-state index contributed by atoms with van der Waals surface area (Å²) in [6.07, 6.45) is 0. The Hall–Kier alpha value is -1.66. The van der Waals surface area contributed by atoms with Crippen LogP contribution in [0.3, 0.4) is 0 Å². The van der Waals surface area contributed by atoms with Crippen molar-refractivity contribution in [2.45, 2.75) is 0 Å². The van der Waals surface area contributed by atoms with Gasteiger partial charge >= 0.3 is 0 Å². The van der Waals surface area contributed by atoms with Crippen molar-refractivity contribution < 1.29 is 4.39 Å². The van der Waals surface area contributed by atoms with Crippen LogP contribution in [-0.4, -0.2) is 4.98 Å². The first-order chi connectivity index (χ1) is 9.90. The largest absolute Gasteiger partial charge is 0.384 e. The van der Waals surface area contributed by atoms with E-state index in [9.17, 15) is 14.4 Å². The molecule has 1 heterocycles. The molecule has 0 saturated heterocycles. The van der Waals surface area contributed by atoms with Crippen molar-refractivity contribution in [3.63, 3.8) is 0 Å². The first kappa shape index (κ1) is 15.7. The van der Waals surface area contributed by atoms with E-state index in [-0.39, 0.29) is 22.5 Å². The number of H-pyrrole nitrogens is 1. The molecule has 5 nitrogen and oxygen atoms in total. The van der Waals surface area contributed by atoms with Crippen LogP contribution in [0.25, 0.3) is 11.1 Å². The van der Waals surface area contributed by atoms with Gasteiger partial charge in [-0.05, 0) is 62.9 Å². The Balaban J connectivity index is 2.97. The van der Waals surface area contributed by atoms with E-state index in [2.05, 4.69) is 4.98 Å². The third-order valence-corrected chi connectivity index (χ3v) is 4.31. The Bertz CT molecular complexity index is 870. The second kappa shape index (κ2) is 5.99. The van der Waals surface area contributed by atoms with Crippen LogP contribution in [0.15, 0.2) is 16.9 Å². The zero-order chi connectivity index (χ0) is 15.7. The highest BCUT2D eigenvalue weighted by molar-refractivity contribution is 14.1. The Morgan fingerprint density at radius 3 is 2.14 bits per heavy atom. The van der Waals surface area contributed by atoms with Crippen LogP contribution in [0.4, 0.5) is 10.2 Å². The van der Waals surface area contributed by atoms with Crippen LogP contribution < -0.4 is 11.3 Å². The Morgan fingerprint density at radius 2 is 1.67 bits per heavy atom. The van der Waals surface area contributed by atoms with Crippen LogP contribution in [0.5, 0.6) is 0 Å². The van der Waals surface area contributed by atoms with Gasteiger partial charge in [0.15, 0.2) is 0 Å². The number of rotatable bonds is 1. The number of pyridine rings is 1. The van der Waals surface area contributed by atoms with Gasteiger partial charge in [-0.2, -0.15) is 10.5 Å². The van der Waals surface area contributed by atoms with Crippen molar-refractivity contribution in [3.05, 3.63) is 46.6 Å². The van der Waals surface area contributed by atoms with E-state index in [1.807, 2.05) is 6.07 Å². The average molecular weight is 506 g/mol. The molecule has 0 unspecified atom stereocenters. The minimum Gasteiger partial charge on any atom is -0.384 e. The second-order valence-corrected chi connectivity index (χ2v) is 6.29. The maximum Gasteiger partial charge on any atom is 0.268 e. The highest BCUT2D eigenvalue weighted by Gasteiger charge is 2.19. The normalized spacial score (nSPS) is 9.95. The lowest BCUT2D eigenvalue weighted by Crippen LogP contribution is -2.16. The lowest BCUT2D eigenvalue weighted by molar-refractivity contribution is 0.613. The average Bonchev–Trinajstić information content (AvgIpc) is 2.43. The molecule has 21 heavy (non-hydrogen) atoms. The number of nitrogens with one attached hydrogen (secondary N) is 1. The molecule has 3 N–H and O–H groups in total. The van der Waals surface area contributed by atoms with Crippen molar-refractivity contribution >= 4 is 51.0 Å². The van der Waals surface area contributed by atoms with Gasteiger partial charge in [-0.1, -0.05) is 0 Å². The molecule has 0 aliphatic rings. The summed E-state index contributed by atoms with van der Waals surface area (Å²) in [5.74, 6) is -0.513. The summed E-state index contributed by atoms with van der Waals surface area (Å²) in [5, 5.41) is 18.4. The number of aromatic amines is 1. The summed E-state index contributed by atoms with van der Waals surface area (Å²) in [7, 11) is 0. The molecule has 1 aromatic heterocycles. The smallest absolute Gasteiger partial charge is 0.268 e. The molecule has 0 fully saturated rings. The molecule has 0 aliphatic heterocycles. The summed E-state index contributed by atoms with van der Waals surface area (Å²) in [6, 6.07) is 6.57. The molecule has 0 aliphatic carbocycles. The van der Waals surface area contributed by atoms with Crippen molar-refractivity contribution in [3.8, 4) is 23.3 Å². The Kier molecular flexibility index (Phi) is 4.49. The fourth-order valence-corrected chi connectivity index (χ4v) is 3.60. The molecule has 2 rings (SSSR count). The van der Waals surface area contributed by atoms with Gasteiger partial charge < -0.3 is 10.7 Å². The van der Waals surface area contributed by atoms with E-state index in [0.717, 1.165) is 0 Å². The van der Waals surface area contributed by atoms with Gasteiger partial charge in [-0.15, -0.1) is 0 Å². The number of hydrogen-bond donors (Lipinski definition) is 2. The molecule has 0 spiro atoms. The highest BCUT2D eigenvalue weighted by atomic mass is 127. The third-order valence-electron chi connectivity index (χ3n) is 2.74. The number of nitrogens with two attached hydrogens (primary N) is 1. The standard InChI is InChI=1S/C13H5FI2N4O/c14-11-8(15)1-5(2-9(11)16)10-6(3-17)12(19)20-13(21)7(10)4-18/h1-2H,(H3,19,20,21). The van der Waals surface area contributed by atoms with Crippen molar-refractivity contribution in [1.82, 2.24) is 4.98 Å². The summed E-state index contributed by atoms with van der Waals surface area (Å²) in [5.41, 5.74) is 5.24. The molecular weight excluding hydrogens is 501 g/mol. The van der Waals surface area contributed by atoms with Crippen LogP contribution in [0.2, 0.25) is 0 Å². The lowest BCUT2D eigenvalue weighted by atomic mass is 9.97. The molecule has 104 valence electrons. The molecule has 0 radical (unpaired) electrons. The number of hydrogen-bond acceptors (Lipinski definition) is 4. The number of nitrogens with zero attached hydrogens (tertiary/aromatic N) is 2. The zero-order valence-electron chi connectivity index (χ0n) is 10.2. The maximum atomic E-state index is 13.7. The molecular formula is C13H5FI2N4O. The minimum atomic E-state index is -0.682. The lowest BCUT2D eigenvalue weighted by Gasteiger charge is -2.10. The van der Waals surface area contributed by atoms with Gasteiger partial charge in [-0.25, -0.2) is 4.39 Å². The Morgan fingerprint density at radius 1 is 1.14 bits per heavy atom. The van der Waals surface area contributed by atoms with Crippen LogP contribution in [0.1, 0.15) is 11.1 Å². The monoisotopic (exact) mass is 506 g/mol. The van der Waals surface area contributed by atoms with Gasteiger partial charge in [0.25, 0.3) is 5.56 Å². The first-order valence-electron chi connectivity index (χ1n) is 5.41. The number of halogens is 3. The van der Waals surface area contributed by atoms with Crippen LogP contribution in [-0.2, 0) is 0 Å². The van der Waals surface area contributed by atoms with Crippen molar-refractivity contribution in [2.75, 3.05) is 5.73 Å². The number of nitriles is 2. The van der Waals surface area contributed by atoms with E-state index < -0.39 is 11.4 Å². The number of nitrogen functional groups attached to an aromatic ring is 1. The molecule has 0 saturated carbocycles. The fraction of sp³-hybridized carbons (Fsp3) is 0. The molecule has 1 aromatic carbocycles. The number of anilines is 1. The van der Waals surface area contributed by atoms with Crippen molar-refractivity contribution in [1.29, 1.82) is 10.5 Å². The van der Waals surface area contributed by atoms with Gasteiger partial charge in [0, 0.05) is 5.56 Å². The third kappa shape index (κ3) is 2.73. The summed E-state index contributed by atoms with van der Waals surface area (Å²) in [4.78, 5) is 14.1. The molecule has 0 bridgehead atoms. The SMILES string of the molecule is N#Cc1c(N)[nH]c(=O)c(C#N)c1-c1cc(I)c(F)c(I)c1. The van der Waals surface area contributed by atoms with Gasteiger partial charge in [0.05, 0.1) is 7.14 Å². The van der Waals surface area contributed by atoms with E-state index in [1.165, 1.54) is 12.1 Å². The predicted molar refractivity (Wildman–Crippen MR) is 91.7 cm³/mol. The maximum absolute atomic E-state index is 13.7. The highest BCUT2D eigenvalue weighted by Crippen LogP contribution is 2.31.